The Hall–Kier alpha value is -1.27. The van der Waals surface area contributed by atoms with Gasteiger partial charge in [-0.2, -0.15) is 0 Å². The smallest absolute Gasteiger partial charge is 0.242 e. The first-order valence-electron chi connectivity index (χ1n) is 7.85. The van der Waals surface area contributed by atoms with Gasteiger partial charge < -0.3 is 9.80 Å². The lowest BCUT2D eigenvalue weighted by Crippen LogP contribution is -2.42. The molecular weight excluding hydrogens is 336 g/mol. The summed E-state index contributed by atoms with van der Waals surface area (Å²) in [6.07, 6.45) is 0.461. The summed E-state index contributed by atoms with van der Waals surface area (Å²) in [6.45, 7) is 5.98. The summed E-state index contributed by atoms with van der Waals surface area (Å²) >= 11 is 5.72. The average molecular weight is 359 g/mol. The highest BCUT2D eigenvalue weighted by atomic mass is 35.5. The second-order valence-corrected chi connectivity index (χ2v) is 8.14. The van der Waals surface area contributed by atoms with Crippen LogP contribution in [0.1, 0.15) is 20.3 Å². The van der Waals surface area contributed by atoms with Crippen LogP contribution in [0.2, 0.25) is 0 Å². The monoisotopic (exact) mass is 358 g/mol. The predicted molar refractivity (Wildman–Crippen MR) is 95.3 cm³/mol. The van der Waals surface area contributed by atoms with E-state index >= 15 is 0 Å². The van der Waals surface area contributed by atoms with Crippen LogP contribution in [-0.4, -0.2) is 50.8 Å². The van der Waals surface area contributed by atoms with E-state index < -0.39 is 9.84 Å². The number of benzene rings is 1. The van der Waals surface area contributed by atoms with Gasteiger partial charge in [0.1, 0.15) is 5.88 Å². The number of sulfone groups is 1. The lowest BCUT2D eigenvalue weighted by atomic mass is 10.1. The number of rotatable bonds is 6. The maximum Gasteiger partial charge on any atom is 0.242 e. The van der Waals surface area contributed by atoms with Crippen LogP contribution < -0.4 is 9.80 Å². The molecule has 0 spiro atoms. The molecule has 1 aromatic carbocycles. The van der Waals surface area contributed by atoms with Crippen molar-refractivity contribution in [1.82, 2.24) is 0 Å². The van der Waals surface area contributed by atoms with Gasteiger partial charge in [0.2, 0.25) is 5.91 Å². The van der Waals surface area contributed by atoms with Gasteiger partial charge in [-0.3, -0.25) is 4.79 Å². The maximum absolute atomic E-state index is 12.2. The van der Waals surface area contributed by atoms with E-state index in [4.69, 9.17) is 11.6 Å². The zero-order valence-electron chi connectivity index (χ0n) is 13.5. The summed E-state index contributed by atoms with van der Waals surface area (Å²) in [5.74, 6) is -0.285. The van der Waals surface area contributed by atoms with E-state index in [0.29, 0.717) is 12.1 Å². The zero-order chi connectivity index (χ0) is 17.0. The second-order valence-electron chi connectivity index (χ2n) is 5.64. The van der Waals surface area contributed by atoms with E-state index in [0.717, 1.165) is 18.8 Å². The molecular formula is C16H23ClN2O3S. The van der Waals surface area contributed by atoms with E-state index in [9.17, 15) is 13.2 Å². The van der Waals surface area contributed by atoms with E-state index in [1.165, 1.54) is 0 Å². The van der Waals surface area contributed by atoms with Crippen LogP contribution in [-0.2, 0) is 14.6 Å². The number of anilines is 2. The third kappa shape index (κ3) is 4.18. The maximum atomic E-state index is 12.2. The summed E-state index contributed by atoms with van der Waals surface area (Å²) in [6, 6.07) is 7.32. The minimum absolute atomic E-state index is 0.00737. The predicted octanol–water partition coefficient (Wildman–Crippen LogP) is 2.29. The van der Waals surface area contributed by atoms with Crippen molar-refractivity contribution in [2.24, 2.45) is 0 Å². The third-order valence-corrected chi connectivity index (χ3v) is 6.19. The fourth-order valence-electron chi connectivity index (χ4n) is 3.01. The molecule has 2 rings (SSSR count). The number of carbonyl (C=O) groups excluding carboxylic acids is 1. The highest BCUT2D eigenvalue weighted by molar-refractivity contribution is 7.91. The van der Waals surface area contributed by atoms with Crippen molar-refractivity contribution in [2.45, 2.75) is 26.3 Å². The fourth-order valence-corrected chi connectivity index (χ4v) is 4.84. The Morgan fingerprint density at radius 1 is 1.17 bits per heavy atom. The zero-order valence-corrected chi connectivity index (χ0v) is 15.1. The fraction of sp³-hybridized carbons (Fsp3) is 0.562. The highest BCUT2D eigenvalue weighted by Crippen LogP contribution is 2.27. The number of halogens is 1. The van der Waals surface area contributed by atoms with Gasteiger partial charge in [0.25, 0.3) is 0 Å². The number of nitrogens with zero attached hydrogens (tertiary/aromatic N) is 2. The standard InChI is InChI=1S/C16H23ClN2O3S/c1-3-18(4-2)13-5-7-14(8-6-13)19(16(20)11-17)15-9-10-23(21,22)12-15/h5-8,15H,3-4,9-12H2,1-2H3/t15-/m1/s1. The van der Waals surface area contributed by atoms with E-state index in [-0.39, 0.29) is 29.3 Å². The van der Waals surface area contributed by atoms with Crippen molar-refractivity contribution in [1.29, 1.82) is 0 Å². The SMILES string of the molecule is CCN(CC)c1ccc(N(C(=O)CCl)[C@@H]2CCS(=O)(=O)C2)cc1. The van der Waals surface area contributed by atoms with Crippen LogP contribution >= 0.6 is 11.6 Å². The summed E-state index contributed by atoms with van der Waals surface area (Å²) in [5.41, 5.74) is 1.78. The summed E-state index contributed by atoms with van der Waals surface area (Å²) in [7, 11) is -3.06. The molecule has 0 radical (unpaired) electrons. The van der Waals surface area contributed by atoms with Crippen molar-refractivity contribution in [3.05, 3.63) is 24.3 Å². The van der Waals surface area contributed by atoms with Gasteiger partial charge in [0.05, 0.1) is 17.5 Å². The van der Waals surface area contributed by atoms with Crippen molar-refractivity contribution >= 4 is 38.7 Å². The van der Waals surface area contributed by atoms with E-state index in [2.05, 4.69) is 18.7 Å². The molecule has 1 saturated heterocycles. The van der Waals surface area contributed by atoms with Gasteiger partial charge in [0, 0.05) is 24.5 Å². The van der Waals surface area contributed by atoms with Crippen LogP contribution in [0.5, 0.6) is 0 Å². The summed E-state index contributed by atoms with van der Waals surface area (Å²) in [4.78, 5) is 16.0. The van der Waals surface area contributed by atoms with Crippen LogP contribution in [0.15, 0.2) is 24.3 Å². The molecule has 0 saturated carbocycles. The second kappa shape index (κ2) is 7.53. The molecule has 0 unspecified atom stereocenters. The molecule has 23 heavy (non-hydrogen) atoms. The van der Waals surface area contributed by atoms with Gasteiger partial charge >= 0.3 is 0 Å². The molecule has 0 N–H and O–H groups in total. The lowest BCUT2D eigenvalue weighted by molar-refractivity contribution is -0.116. The largest absolute Gasteiger partial charge is 0.372 e. The first kappa shape index (κ1) is 18.1. The minimum Gasteiger partial charge on any atom is -0.372 e. The third-order valence-electron chi connectivity index (χ3n) is 4.21. The van der Waals surface area contributed by atoms with Gasteiger partial charge in [0.15, 0.2) is 9.84 Å². The molecule has 1 aromatic rings. The summed E-state index contributed by atoms with van der Waals surface area (Å²) < 4.78 is 23.5. The van der Waals surface area contributed by atoms with Gasteiger partial charge in [-0.25, -0.2) is 8.42 Å². The normalized spacial score (nSPS) is 19.5. The molecule has 1 aliphatic heterocycles. The van der Waals surface area contributed by atoms with Crippen molar-refractivity contribution < 1.29 is 13.2 Å². The quantitative estimate of drug-likeness (QED) is 0.732. The van der Waals surface area contributed by atoms with Gasteiger partial charge in [-0.15, -0.1) is 11.6 Å². The highest BCUT2D eigenvalue weighted by Gasteiger charge is 2.35. The Labute approximate surface area is 143 Å². The minimum atomic E-state index is -3.06. The number of hydrogen-bond donors (Lipinski definition) is 0. The molecule has 128 valence electrons. The molecule has 1 aliphatic rings. The van der Waals surface area contributed by atoms with Crippen LogP contribution in [0.3, 0.4) is 0 Å². The Bertz CT molecular complexity index is 642. The molecule has 1 fully saturated rings. The van der Waals surface area contributed by atoms with E-state index in [1.807, 2.05) is 24.3 Å². The van der Waals surface area contributed by atoms with Gasteiger partial charge in [-0.1, -0.05) is 0 Å². The Kier molecular flexibility index (Phi) is 5.92. The molecule has 0 aliphatic carbocycles. The van der Waals surface area contributed by atoms with Crippen LogP contribution in [0.4, 0.5) is 11.4 Å². The molecule has 7 heteroatoms. The molecule has 1 heterocycles. The van der Waals surface area contributed by atoms with Crippen molar-refractivity contribution in [2.75, 3.05) is 40.3 Å². The van der Waals surface area contributed by atoms with E-state index in [1.54, 1.807) is 4.90 Å². The molecule has 5 nitrogen and oxygen atoms in total. The topological polar surface area (TPSA) is 57.7 Å². The lowest BCUT2D eigenvalue weighted by Gasteiger charge is -2.29. The first-order chi connectivity index (χ1) is 10.9. The number of hydrogen-bond acceptors (Lipinski definition) is 4. The Morgan fingerprint density at radius 2 is 1.74 bits per heavy atom. The number of alkyl halides is 1. The number of carbonyl (C=O) groups is 1. The van der Waals surface area contributed by atoms with Crippen LogP contribution in [0.25, 0.3) is 0 Å². The molecule has 0 bridgehead atoms. The Balaban J connectivity index is 2.28. The molecule has 1 atom stereocenters. The van der Waals surface area contributed by atoms with Crippen molar-refractivity contribution in [3.8, 4) is 0 Å². The molecule has 0 aromatic heterocycles. The van der Waals surface area contributed by atoms with Crippen molar-refractivity contribution in [3.63, 3.8) is 0 Å². The van der Waals surface area contributed by atoms with Gasteiger partial charge in [-0.05, 0) is 44.5 Å². The first-order valence-corrected chi connectivity index (χ1v) is 10.2. The Morgan fingerprint density at radius 3 is 2.17 bits per heavy atom. The number of amides is 1. The molecule has 1 amide bonds. The average Bonchev–Trinajstić information content (AvgIpc) is 2.89. The summed E-state index contributed by atoms with van der Waals surface area (Å²) in [5, 5.41) is 0. The van der Waals surface area contributed by atoms with Crippen LogP contribution in [0, 0.1) is 0 Å².